The van der Waals surface area contributed by atoms with Crippen molar-refractivity contribution in [1.82, 2.24) is 4.90 Å². The van der Waals surface area contributed by atoms with E-state index in [9.17, 15) is 4.79 Å². The fourth-order valence-electron chi connectivity index (χ4n) is 3.96. The lowest BCUT2D eigenvalue weighted by Gasteiger charge is -2.46. The summed E-state index contributed by atoms with van der Waals surface area (Å²) in [6.07, 6.45) is 2.94. The zero-order valence-corrected chi connectivity index (χ0v) is 16.4. The Morgan fingerprint density at radius 1 is 1.32 bits per heavy atom. The van der Waals surface area contributed by atoms with E-state index in [0.717, 1.165) is 25.8 Å². The highest BCUT2D eigenvalue weighted by Crippen LogP contribution is 2.45. The molecule has 2 rings (SSSR count). The van der Waals surface area contributed by atoms with E-state index in [4.69, 9.17) is 9.47 Å². The number of carbonyl (C=O) groups is 1. The summed E-state index contributed by atoms with van der Waals surface area (Å²) in [7, 11) is 3.97. The number of hydrogen-bond acceptors (Lipinski definition) is 4. The topological polar surface area (TPSA) is 38.8 Å². The molecule has 0 aromatic heterocycles. The van der Waals surface area contributed by atoms with Gasteiger partial charge >= 0.3 is 5.97 Å². The molecule has 25 heavy (non-hydrogen) atoms. The third kappa shape index (κ3) is 5.29. The first-order chi connectivity index (χ1) is 11.8. The fraction of sp³-hybridized carbons (Fsp3) is 0.667. The maximum atomic E-state index is 12.7. The molecular weight excluding hydrogens is 314 g/mol. The number of rotatable bonds is 7. The van der Waals surface area contributed by atoms with E-state index in [1.54, 1.807) is 0 Å². The average molecular weight is 347 g/mol. The Kier molecular flexibility index (Phi) is 6.64. The highest BCUT2D eigenvalue weighted by Gasteiger charge is 2.45. The molecule has 0 unspecified atom stereocenters. The maximum Gasteiger partial charge on any atom is 0.307 e. The van der Waals surface area contributed by atoms with Crippen molar-refractivity contribution in [3.8, 4) is 0 Å². The highest BCUT2D eigenvalue weighted by atomic mass is 16.5. The summed E-state index contributed by atoms with van der Waals surface area (Å²) in [6, 6.07) is 10.4. The van der Waals surface area contributed by atoms with Crippen molar-refractivity contribution in [2.24, 2.45) is 0 Å². The first-order valence-electron chi connectivity index (χ1n) is 9.32. The monoisotopic (exact) mass is 347 g/mol. The number of nitrogens with zero attached hydrogens (tertiary/aromatic N) is 1. The van der Waals surface area contributed by atoms with Crippen LogP contribution < -0.4 is 0 Å². The number of carbonyl (C=O) groups excluding carboxylic acids is 1. The predicted octanol–water partition coefficient (Wildman–Crippen LogP) is 3.79. The lowest BCUT2D eigenvalue weighted by molar-refractivity contribution is -0.154. The van der Waals surface area contributed by atoms with Gasteiger partial charge in [-0.2, -0.15) is 0 Å². The molecule has 4 heteroatoms. The van der Waals surface area contributed by atoms with E-state index in [0.29, 0.717) is 13.0 Å². The Morgan fingerprint density at radius 3 is 2.60 bits per heavy atom. The van der Waals surface area contributed by atoms with Gasteiger partial charge in [-0.15, -0.1) is 0 Å². The van der Waals surface area contributed by atoms with Crippen LogP contribution in [-0.2, 0) is 19.7 Å². The minimum atomic E-state index is -0.209. The molecular formula is C21H33NO3. The lowest BCUT2D eigenvalue weighted by atomic mass is 9.66. The molecule has 0 bridgehead atoms. The molecule has 0 aliphatic carbocycles. The Balaban J connectivity index is 2.20. The van der Waals surface area contributed by atoms with Crippen molar-refractivity contribution in [1.29, 1.82) is 0 Å². The van der Waals surface area contributed by atoms with Gasteiger partial charge < -0.3 is 14.4 Å². The molecule has 1 fully saturated rings. The summed E-state index contributed by atoms with van der Waals surface area (Å²) in [6.45, 7) is 7.68. The normalized spacial score (nSPS) is 27.9. The van der Waals surface area contributed by atoms with E-state index in [1.807, 2.05) is 32.0 Å². The molecule has 3 atom stereocenters. The van der Waals surface area contributed by atoms with Gasteiger partial charge in [-0.05, 0) is 52.8 Å². The van der Waals surface area contributed by atoms with Crippen LogP contribution in [0.4, 0.5) is 0 Å². The summed E-state index contributed by atoms with van der Waals surface area (Å²) in [5.41, 5.74) is 0.818. The zero-order chi connectivity index (χ0) is 18.5. The summed E-state index contributed by atoms with van der Waals surface area (Å²) in [4.78, 5) is 14.7. The molecule has 0 radical (unpaired) electrons. The number of hydrogen-bond donors (Lipinski definition) is 0. The van der Waals surface area contributed by atoms with E-state index in [2.05, 4.69) is 38.1 Å². The number of ether oxygens (including phenoxy) is 2. The molecule has 1 heterocycles. The van der Waals surface area contributed by atoms with E-state index in [-0.39, 0.29) is 23.1 Å². The van der Waals surface area contributed by atoms with Gasteiger partial charge in [0, 0.05) is 18.6 Å². The smallest absolute Gasteiger partial charge is 0.307 e. The SMILES string of the molecule is CC[C@@]1(C)C[C@@](CC(=O)O[C@@H](C)CN(C)C)(c2ccccc2)CCO1. The van der Waals surface area contributed by atoms with Crippen molar-refractivity contribution in [3.63, 3.8) is 0 Å². The van der Waals surface area contributed by atoms with Crippen LogP contribution in [0.1, 0.15) is 52.0 Å². The van der Waals surface area contributed by atoms with Gasteiger partial charge in [0.2, 0.25) is 0 Å². The summed E-state index contributed by atoms with van der Waals surface area (Å²) >= 11 is 0. The molecule has 0 N–H and O–H groups in total. The van der Waals surface area contributed by atoms with Crippen molar-refractivity contribution in [2.75, 3.05) is 27.2 Å². The van der Waals surface area contributed by atoms with E-state index in [1.165, 1.54) is 5.56 Å². The van der Waals surface area contributed by atoms with Gasteiger partial charge in [-0.3, -0.25) is 4.79 Å². The standard InChI is InChI=1S/C21H33NO3/c1-6-20(3)16-21(12-13-24-20,18-10-8-7-9-11-18)14-19(23)25-17(2)15-22(4)5/h7-11,17H,6,12-16H2,1-5H3/t17-,20-,21+/m0/s1. The van der Waals surface area contributed by atoms with Gasteiger partial charge in [0.1, 0.15) is 6.10 Å². The van der Waals surface area contributed by atoms with Gasteiger partial charge in [0.25, 0.3) is 0 Å². The van der Waals surface area contributed by atoms with Crippen LogP contribution in [-0.4, -0.2) is 49.8 Å². The van der Waals surface area contributed by atoms with Crippen LogP contribution in [0, 0.1) is 0 Å². The van der Waals surface area contributed by atoms with Crippen molar-refractivity contribution >= 4 is 5.97 Å². The number of benzene rings is 1. The van der Waals surface area contributed by atoms with E-state index >= 15 is 0 Å². The predicted molar refractivity (Wildman–Crippen MR) is 101 cm³/mol. The van der Waals surface area contributed by atoms with Gasteiger partial charge in [-0.1, -0.05) is 37.3 Å². The molecule has 0 spiro atoms. The minimum absolute atomic E-state index is 0.104. The zero-order valence-electron chi connectivity index (χ0n) is 16.4. The molecule has 1 saturated heterocycles. The van der Waals surface area contributed by atoms with Crippen LogP contribution in [0.2, 0.25) is 0 Å². The third-order valence-corrected chi connectivity index (χ3v) is 5.32. The Morgan fingerprint density at radius 2 is 2.00 bits per heavy atom. The molecule has 140 valence electrons. The molecule has 0 saturated carbocycles. The quantitative estimate of drug-likeness (QED) is 0.704. The average Bonchev–Trinajstić information content (AvgIpc) is 2.54. The van der Waals surface area contributed by atoms with Crippen LogP contribution >= 0.6 is 0 Å². The number of esters is 1. The van der Waals surface area contributed by atoms with Crippen LogP contribution in [0.5, 0.6) is 0 Å². The second-order valence-electron chi connectivity index (χ2n) is 7.96. The second-order valence-corrected chi connectivity index (χ2v) is 7.96. The largest absolute Gasteiger partial charge is 0.461 e. The van der Waals surface area contributed by atoms with Crippen LogP contribution in [0.3, 0.4) is 0 Å². The van der Waals surface area contributed by atoms with Crippen LogP contribution in [0.15, 0.2) is 30.3 Å². The van der Waals surface area contributed by atoms with Crippen molar-refractivity contribution in [3.05, 3.63) is 35.9 Å². The maximum absolute atomic E-state index is 12.7. The summed E-state index contributed by atoms with van der Waals surface area (Å²) in [5, 5.41) is 0. The Bertz CT molecular complexity index is 560. The van der Waals surface area contributed by atoms with E-state index < -0.39 is 0 Å². The third-order valence-electron chi connectivity index (χ3n) is 5.32. The second kappa shape index (κ2) is 8.33. The molecule has 1 aromatic carbocycles. The van der Waals surface area contributed by atoms with Crippen molar-refractivity contribution < 1.29 is 14.3 Å². The lowest BCUT2D eigenvalue weighted by Crippen LogP contribution is -2.47. The molecule has 1 aliphatic rings. The van der Waals surface area contributed by atoms with Crippen LogP contribution in [0.25, 0.3) is 0 Å². The number of likely N-dealkylation sites (N-methyl/N-ethyl adjacent to an activating group) is 1. The van der Waals surface area contributed by atoms with Gasteiger partial charge in [0.05, 0.1) is 12.0 Å². The summed E-state index contributed by atoms with van der Waals surface area (Å²) < 4.78 is 11.7. The first-order valence-corrected chi connectivity index (χ1v) is 9.32. The minimum Gasteiger partial charge on any atom is -0.461 e. The fourth-order valence-corrected chi connectivity index (χ4v) is 3.96. The van der Waals surface area contributed by atoms with Crippen molar-refractivity contribution in [2.45, 2.75) is 63.6 Å². The van der Waals surface area contributed by atoms with Gasteiger partial charge in [-0.25, -0.2) is 0 Å². The Labute approximate surface area is 152 Å². The summed E-state index contributed by atoms with van der Waals surface area (Å²) in [5.74, 6) is -0.112. The molecule has 4 nitrogen and oxygen atoms in total. The molecule has 1 aromatic rings. The first kappa shape index (κ1) is 19.9. The highest BCUT2D eigenvalue weighted by molar-refractivity contribution is 5.72. The van der Waals surface area contributed by atoms with Gasteiger partial charge in [0.15, 0.2) is 0 Å². The molecule has 0 amide bonds. The molecule has 1 aliphatic heterocycles. The Hall–Kier alpha value is -1.39.